The molecular weight excluding hydrogens is 351 g/mol. The van der Waals surface area contributed by atoms with Crippen LogP contribution in [-0.4, -0.2) is 26.1 Å². The highest BCUT2D eigenvalue weighted by Gasteiger charge is 2.32. The molecule has 3 heterocycles. The smallest absolute Gasteiger partial charge is 0.140 e. The summed E-state index contributed by atoms with van der Waals surface area (Å²) in [5, 5.41) is 20.6. The van der Waals surface area contributed by atoms with Crippen molar-refractivity contribution in [3.05, 3.63) is 51.7 Å². The zero-order chi connectivity index (χ0) is 17.8. The van der Waals surface area contributed by atoms with Gasteiger partial charge in [0.25, 0.3) is 0 Å². The number of phenols is 1. The molecule has 0 amide bonds. The average Bonchev–Trinajstić information content (AvgIpc) is 3.41. The molecule has 7 heteroatoms. The maximum Gasteiger partial charge on any atom is 0.140 e. The van der Waals surface area contributed by atoms with Crippen molar-refractivity contribution in [3.8, 4) is 11.4 Å². The third-order valence-corrected chi connectivity index (χ3v) is 5.68. The summed E-state index contributed by atoms with van der Waals surface area (Å²) < 4.78 is 20.7. The van der Waals surface area contributed by atoms with E-state index in [2.05, 4.69) is 14.6 Å². The highest BCUT2D eigenvalue weighted by Crippen LogP contribution is 2.46. The van der Waals surface area contributed by atoms with Crippen LogP contribution < -0.4 is 0 Å². The lowest BCUT2D eigenvalue weighted by molar-refractivity contribution is 0.468. The zero-order valence-electron chi connectivity index (χ0n) is 14.2. The lowest BCUT2D eigenvalue weighted by Gasteiger charge is -2.21. The fourth-order valence-electron chi connectivity index (χ4n) is 3.83. The van der Waals surface area contributed by atoms with Gasteiger partial charge in [0.1, 0.15) is 23.2 Å². The Labute approximate surface area is 154 Å². The van der Waals surface area contributed by atoms with E-state index in [0.29, 0.717) is 0 Å². The molecule has 0 bridgehead atoms. The number of rotatable bonds is 2. The first-order valence-electron chi connectivity index (χ1n) is 8.70. The predicted octanol–water partition coefficient (Wildman–Crippen LogP) is 4.09. The molecule has 5 nitrogen and oxygen atoms in total. The number of aromatic hydroxyl groups is 1. The van der Waals surface area contributed by atoms with Gasteiger partial charge in [0.2, 0.25) is 0 Å². The van der Waals surface area contributed by atoms with E-state index in [0.717, 1.165) is 77.2 Å². The van der Waals surface area contributed by atoms with Crippen molar-refractivity contribution in [3.63, 3.8) is 0 Å². The van der Waals surface area contributed by atoms with Crippen LogP contribution in [0.5, 0.6) is 5.75 Å². The van der Waals surface area contributed by atoms with Crippen LogP contribution in [0.3, 0.4) is 0 Å². The van der Waals surface area contributed by atoms with E-state index in [-0.39, 0.29) is 17.5 Å². The Hall–Kier alpha value is -2.41. The van der Waals surface area contributed by atoms with Gasteiger partial charge in [-0.15, -0.1) is 10.2 Å². The van der Waals surface area contributed by atoms with Gasteiger partial charge in [0, 0.05) is 41.1 Å². The van der Waals surface area contributed by atoms with Crippen molar-refractivity contribution >= 4 is 23.7 Å². The van der Waals surface area contributed by atoms with E-state index in [1.54, 1.807) is 12.3 Å². The van der Waals surface area contributed by atoms with Gasteiger partial charge in [-0.2, -0.15) is 0 Å². The molecule has 1 saturated carbocycles. The summed E-state index contributed by atoms with van der Waals surface area (Å²) in [6, 6.07) is 3.75. The minimum atomic E-state index is -0.209. The summed E-state index contributed by atoms with van der Waals surface area (Å²) in [5.41, 5.74) is 4.06. The molecule has 2 aliphatic heterocycles. The fourth-order valence-corrected chi connectivity index (χ4v) is 4.27. The molecule has 1 N–H and O–H groups in total. The molecule has 0 atom stereocenters. The number of aromatic nitrogens is 3. The Morgan fingerprint density at radius 1 is 1.23 bits per heavy atom. The van der Waals surface area contributed by atoms with Crippen molar-refractivity contribution in [1.29, 1.82) is 0 Å². The monoisotopic (exact) mass is 368 g/mol. The fraction of sp³-hybridized carbons (Fsp3) is 0.316. The van der Waals surface area contributed by atoms with Crippen LogP contribution in [-0.2, 0) is 12.8 Å². The first kappa shape index (κ1) is 15.8. The van der Waals surface area contributed by atoms with Crippen LogP contribution in [0.2, 0.25) is 0 Å². The second-order valence-electron chi connectivity index (χ2n) is 6.91. The standard InChI is InChI=1S/C19H17FN4OS/c1-10-22-23-17-5-4-12-6-13(7-16(25)19(12)24(10)17)14-8-21-26-9-15(20)18(14)11-2-3-11/h6-9,11,25H,2-5H2,1H3. The highest BCUT2D eigenvalue weighted by atomic mass is 32.2. The number of halogens is 1. The molecule has 1 aromatic heterocycles. The molecule has 1 aliphatic carbocycles. The molecule has 3 aliphatic rings. The molecule has 2 aromatic rings. The topological polar surface area (TPSA) is 63.3 Å². The number of phenolic OH excluding ortho intramolecular Hbond substituents is 1. The Bertz CT molecular complexity index is 1020. The number of fused-ring (bicyclic) bond motifs is 3. The summed E-state index contributed by atoms with van der Waals surface area (Å²) >= 11 is 1.11. The summed E-state index contributed by atoms with van der Waals surface area (Å²) in [6.07, 6.45) is 5.26. The average molecular weight is 368 g/mol. The molecule has 0 radical (unpaired) electrons. The Morgan fingerprint density at radius 2 is 2.08 bits per heavy atom. The number of allylic oxidation sites excluding steroid dienone is 3. The van der Waals surface area contributed by atoms with Gasteiger partial charge < -0.3 is 5.11 Å². The summed E-state index contributed by atoms with van der Waals surface area (Å²) in [7, 11) is 0. The summed E-state index contributed by atoms with van der Waals surface area (Å²) in [5.74, 6) is 1.81. The molecule has 26 heavy (non-hydrogen) atoms. The lowest BCUT2D eigenvalue weighted by atomic mass is 9.92. The number of hydrogen-bond donors (Lipinski definition) is 1. The Kier molecular flexibility index (Phi) is 3.53. The van der Waals surface area contributed by atoms with Crippen LogP contribution in [0.25, 0.3) is 11.3 Å². The normalized spacial score (nSPS) is 19.1. The van der Waals surface area contributed by atoms with Gasteiger partial charge >= 0.3 is 0 Å². The van der Waals surface area contributed by atoms with E-state index in [1.807, 2.05) is 17.6 Å². The largest absolute Gasteiger partial charge is 0.506 e. The number of benzene rings is 1. The first-order valence-corrected chi connectivity index (χ1v) is 9.54. The van der Waals surface area contributed by atoms with Gasteiger partial charge in [0.15, 0.2) is 0 Å². The molecule has 0 spiro atoms. The third-order valence-electron chi connectivity index (χ3n) is 5.15. The maximum atomic E-state index is 14.6. The lowest BCUT2D eigenvalue weighted by Crippen LogP contribution is -2.14. The molecule has 0 unspecified atom stereocenters. The van der Waals surface area contributed by atoms with Crippen molar-refractivity contribution in [2.75, 3.05) is 0 Å². The minimum Gasteiger partial charge on any atom is -0.506 e. The van der Waals surface area contributed by atoms with Crippen LogP contribution in [0.4, 0.5) is 4.39 Å². The van der Waals surface area contributed by atoms with Gasteiger partial charge in [0.05, 0.1) is 5.69 Å². The number of nitrogens with zero attached hydrogens (tertiary/aromatic N) is 4. The molecule has 0 saturated heterocycles. The van der Waals surface area contributed by atoms with Crippen molar-refractivity contribution in [2.45, 2.75) is 32.6 Å². The van der Waals surface area contributed by atoms with Gasteiger partial charge in [-0.1, -0.05) is 0 Å². The first-order chi connectivity index (χ1) is 12.6. The quantitative estimate of drug-likeness (QED) is 0.811. The third kappa shape index (κ3) is 2.41. The molecule has 5 rings (SSSR count). The molecule has 132 valence electrons. The second kappa shape index (κ2) is 5.81. The number of hydrogen-bond acceptors (Lipinski definition) is 5. The van der Waals surface area contributed by atoms with E-state index in [1.165, 1.54) is 5.41 Å². The zero-order valence-corrected chi connectivity index (χ0v) is 15.1. The van der Waals surface area contributed by atoms with Crippen LogP contribution >= 0.6 is 11.9 Å². The van der Waals surface area contributed by atoms with Gasteiger partial charge in [-0.3, -0.25) is 4.57 Å². The van der Waals surface area contributed by atoms with Gasteiger partial charge in [-0.05, 0) is 55.4 Å². The van der Waals surface area contributed by atoms with Crippen molar-refractivity contribution < 1.29 is 9.50 Å². The molecule has 1 fully saturated rings. The SMILES string of the molecule is Cc1nnc2n1-c1c(O)cc(C3=C(C4CC4)C(F)=CSN=C3)cc1CC2. The van der Waals surface area contributed by atoms with E-state index in [4.69, 9.17) is 0 Å². The van der Waals surface area contributed by atoms with Crippen molar-refractivity contribution in [2.24, 2.45) is 10.3 Å². The maximum absolute atomic E-state index is 14.6. The molecule has 1 aromatic carbocycles. The highest BCUT2D eigenvalue weighted by molar-refractivity contribution is 8.01. The van der Waals surface area contributed by atoms with Crippen LogP contribution in [0.1, 0.15) is 35.6 Å². The molecular formula is C19H17FN4OS. The predicted molar refractivity (Wildman–Crippen MR) is 100 cm³/mol. The van der Waals surface area contributed by atoms with Crippen LogP contribution in [0, 0.1) is 12.8 Å². The summed E-state index contributed by atoms with van der Waals surface area (Å²) in [6.45, 7) is 1.88. The number of aryl methyl sites for hydroxylation is 3. The summed E-state index contributed by atoms with van der Waals surface area (Å²) in [4.78, 5) is 0. The minimum absolute atomic E-state index is 0.165. The van der Waals surface area contributed by atoms with E-state index >= 15 is 0 Å². The van der Waals surface area contributed by atoms with Gasteiger partial charge in [-0.25, -0.2) is 8.79 Å². The Balaban J connectivity index is 1.71. The van der Waals surface area contributed by atoms with E-state index < -0.39 is 0 Å². The van der Waals surface area contributed by atoms with E-state index in [9.17, 15) is 9.50 Å². The second-order valence-corrected chi connectivity index (χ2v) is 7.57. The van der Waals surface area contributed by atoms with Crippen LogP contribution in [0.15, 0.2) is 33.3 Å². The van der Waals surface area contributed by atoms with Crippen molar-refractivity contribution in [1.82, 2.24) is 14.8 Å². The Morgan fingerprint density at radius 3 is 2.88 bits per heavy atom.